The van der Waals surface area contributed by atoms with Crippen molar-refractivity contribution in [2.75, 3.05) is 32.8 Å². The van der Waals surface area contributed by atoms with Gasteiger partial charge in [0, 0.05) is 12.1 Å². The van der Waals surface area contributed by atoms with Gasteiger partial charge in [0.1, 0.15) is 18.9 Å². The number of rotatable bonds is 4. The van der Waals surface area contributed by atoms with Gasteiger partial charge < -0.3 is 14.6 Å². The van der Waals surface area contributed by atoms with Crippen LogP contribution in [0, 0.1) is 11.0 Å². The van der Waals surface area contributed by atoms with Crippen molar-refractivity contribution in [3.63, 3.8) is 0 Å². The number of hydrogen-bond acceptors (Lipinski definition) is 3. The number of benzene rings is 1. The highest BCUT2D eigenvalue weighted by molar-refractivity contribution is 5.37. The van der Waals surface area contributed by atoms with E-state index in [-0.39, 0.29) is 10.5 Å². The van der Waals surface area contributed by atoms with Crippen LogP contribution in [0.5, 0.6) is 0 Å². The van der Waals surface area contributed by atoms with Gasteiger partial charge in [-0.2, -0.15) is 5.10 Å². The Balaban J connectivity index is 1.51. The molecule has 1 atom stereocenters. The number of fused-ring (bicyclic) bond motifs is 1. The Morgan fingerprint density at radius 2 is 2.00 bits per heavy atom. The molecule has 25 heavy (non-hydrogen) atoms. The molecular weight excluding hydrogens is 321 g/mol. The smallest absolute Gasteiger partial charge is 0.123 e. The fourth-order valence-corrected chi connectivity index (χ4v) is 4.04. The van der Waals surface area contributed by atoms with Crippen molar-refractivity contribution in [2.24, 2.45) is 0 Å². The first-order valence-corrected chi connectivity index (χ1v) is 9.12. The lowest BCUT2D eigenvalue weighted by molar-refractivity contribution is -0.889. The summed E-state index contributed by atoms with van der Waals surface area (Å²) in [4.78, 5) is 0. The number of aromatic nitrogens is 2. The number of halogens is 1. The van der Waals surface area contributed by atoms with E-state index in [9.17, 15) is 9.60 Å². The minimum absolute atomic E-state index is 0.127. The zero-order valence-electron chi connectivity index (χ0n) is 14.4. The molecule has 1 aromatic heterocycles. The van der Waals surface area contributed by atoms with Crippen LogP contribution in [0.3, 0.4) is 0 Å². The summed E-state index contributed by atoms with van der Waals surface area (Å²) in [5, 5.41) is 17.3. The topological polar surface area (TPSA) is 50.1 Å². The average molecular weight is 345 g/mol. The summed E-state index contributed by atoms with van der Waals surface area (Å²) in [6.45, 7) is 2.92. The summed E-state index contributed by atoms with van der Waals surface area (Å²) in [6.07, 6.45) is 6.03. The summed E-state index contributed by atoms with van der Waals surface area (Å²) in [7, 11) is 0. The molecule has 1 unspecified atom stereocenters. The molecule has 2 heterocycles. The third-order valence-corrected chi connectivity index (χ3v) is 5.55. The molecule has 4 rings (SSSR count). The number of ether oxygens (including phenoxy) is 1. The van der Waals surface area contributed by atoms with Gasteiger partial charge in [-0.1, -0.05) is 0 Å². The van der Waals surface area contributed by atoms with E-state index in [1.165, 1.54) is 23.4 Å². The van der Waals surface area contributed by atoms with Crippen LogP contribution in [-0.2, 0) is 11.2 Å². The highest BCUT2D eigenvalue weighted by atomic mass is 19.1. The van der Waals surface area contributed by atoms with Crippen LogP contribution in [0.2, 0.25) is 0 Å². The van der Waals surface area contributed by atoms with E-state index < -0.39 is 0 Å². The molecule has 1 saturated heterocycles. The number of quaternary nitrogens is 1. The molecule has 0 spiro atoms. The molecule has 0 amide bonds. The Hall–Kier alpha value is -1.76. The van der Waals surface area contributed by atoms with Crippen LogP contribution < -0.4 is 0 Å². The van der Waals surface area contributed by atoms with Crippen molar-refractivity contribution in [1.82, 2.24) is 9.78 Å². The molecule has 0 bridgehead atoms. The Morgan fingerprint density at radius 1 is 1.24 bits per heavy atom. The Labute approximate surface area is 147 Å². The zero-order chi connectivity index (χ0) is 17.3. The van der Waals surface area contributed by atoms with Crippen molar-refractivity contribution in [1.29, 1.82) is 0 Å². The number of morpholine rings is 1. The Kier molecular flexibility index (Phi) is 4.58. The number of hydroxylamine groups is 3. The first-order valence-electron chi connectivity index (χ1n) is 9.12. The third-order valence-electron chi connectivity index (χ3n) is 5.55. The lowest BCUT2D eigenvalue weighted by Gasteiger charge is -2.46. The van der Waals surface area contributed by atoms with E-state index in [4.69, 9.17) is 4.74 Å². The standard InChI is InChI=1S/C19H24FN3O2/c20-16-4-6-17(7-5-16)22-19-3-1-2-15(18(19)14-21-22)8-9-23(24)10-12-25-13-11-23/h4-7,14-15H,1-3,8-13H2. The molecule has 2 aromatic rings. The van der Waals surface area contributed by atoms with Crippen molar-refractivity contribution < 1.29 is 13.8 Å². The van der Waals surface area contributed by atoms with Crippen molar-refractivity contribution in [2.45, 2.75) is 31.6 Å². The van der Waals surface area contributed by atoms with E-state index in [0.29, 0.717) is 38.8 Å². The summed E-state index contributed by atoms with van der Waals surface area (Å²) in [5.74, 6) is 0.155. The summed E-state index contributed by atoms with van der Waals surface area (Å²) in [5.41, 5.74) is 3.36. The number of nitrogens with zero attached hydrogens (tertiary/aromatic N) is 3. The van der Waals surface area contributed by atoms with Crippen LogP contribution >= 0.6 is 0 Å². The minimum Gasteiger partial charge on any atom is -0.633 e. The molecule has 0 radical (unpaired) electrons. The minimum atomic E-state index is -0.238. The van der Waals surface area contributed by atoms with Gasteiger partial charge in [-0.3, -0.25) is 0 Å². The first kappa shape index (κ1) is 16.7. The maximum atomic E-state index is 13.2. The Bertz CT molecular complexity index is 723. The van der Waals surface area contributed by atoms with E-state index >= 15 is 0 Å². The molecule has 0 N–H and O–H groups in total. The normalized spacial score (nSPS) is 22.6. The van der Waals surface area contributed by atoms with E-state index in [1.807, 2.05) is 10.9 Å². The molecule has 1 aromatic carbocycles. The lowest BCUT2D eigenvalue weighted by Crippen LogP contribution is -2.51. The van der Waals surface area contributed by atoms with Gasteiger partial charge in [-0.05, 0) is 55.0 Å². The Morgan fingerprint density at radius 3 is 2.76 bits per heavy atom. The van der Waals surface area contributed by atoms with Crippen LogP contribution in [0.1, 0.15) is 36.4 Å². The number of hydrogen-bond donors (Lipinski definition) is 0. The quantitative estimate of drug-likeness (QED) is 0.632. The second kappa shape index (κ2) is 6.86. The third kappa shape index (κ3) is 3.47. The van der Waals surface area contributed by atoms with Crippen molar-refractivity contribution >= 4 is 0 Å². The van der Waals surface area contributed by atoms with E-state index in [0.717, 1.165) is 31.4 Å². The fraction of sp³-hybridized carbons (Fsp3) is 0.526. The molecule has 134 valence electrons. The molecule has 5 nitrogen and oxygen atoms in total. The first-order chi connectivity index (χ1) is 12.1. The summed E-state index contributed by atoms with van der Waals surface area (Å²) in [6, 6.07) is 6.45. The zero-order valence-corrected chi connectivity index (χ0v) is 14.4. The largest absolute Gasteiger partial charge is 0.633 e. The van der Waals surface area contributed by atoms with Gasteiger partial charge in [0.25, 0.3) is 0 Å². The van der Waals surface area contributed by atoms with Gasteiger partial charge in [0.05, 0.1) is 31.6 Å². The van der Waals surface area contributed by atoms with E-state index in [1.54, 1.807) is 12.1 Å². The van der Waals surface area contributed by atoms with Gasteiger partial charge in [0.15, 0.2) is 0 Å². The van der Waals surface area contributed by atoms with Gasteiger partial charge in [-0.15, -0.1) is 0 Å². The highest BCUT2D eigenvalue weighted by Crippen LogP contribution is 2.35. The summed E-state index contributed by atoms with van der Waals surface area (Å²) < 4.78 is 20.3. The maximum Gasteiger partial charge on any atom is 0.123 e. The second-order valence-electron chi connectivity index (χ2n) is 7.15. The molecule has 6 heteroatoms. The molecule has 1 aliphatic carbocycles. The van der Waals surface area contributed by atoms with Crippen LogP contribution in [0.4, 0.5) is 4.39 Å². The predicted octanol–water partition coefficient (Wildman–Crippen LogP) is 3.17. The molecule has 1 aliphatic heterocycles. The van der Waals surface area contributed by atoms with Gasteiger partial charge >= 0.3 is 0 Å². The monoisotopic (exact) mass is 345 g/mol. The van der Waals surface area contributed by atoms with Gasteiger partial charge in [0.2, 0.25) is 0 Å². The van der Waals surface area contributed by atoms with Crippen molar-refractivity contribution in [3.05, 3.63) is 52.7 Å². The second-order valence-corrected chi connectivity index (χ2v) is 7.15. The van der Waals surface area contributed by atoms with Gasteiger partial charge in [-0.25, -0.2) is 9.07 Å². The summed E-state index contributed by atoms with van der Waals surface area (Å²) >= 11 is 0. The molecule has 1 fully saturated rings. The van der Waals surface area contributed by atoms with Crippen molar-refractivity contribution in [3.8, 4) is 5.69 Å². The SMILES string of the molecule is [O-][N+]1(CCC2CCCc3c2cnn3-c2ccc(F)cc2)CCOCC1. The van der Waals surface area contributed by atoms with E-state index in [2.05, 4.69) is 5.10 Å². The average Bonchev–Trinajstić information content (AvgIpc) is 3.06. The molecular formula is C19H24FN3O2. The molecule has 0 saturated carbocycles. The van der Waals surface area contributed by atoms with Crippen LogP contribution in [0.25, 0.3) is 5.69 Å². The predicted molar refractivity (Wildman–Crippen MR) is 92.9 cm³/mol. The highest BCUT2D eigenvalue weighted by Gasteiger charge is 2.28. The molecule has 2 aliphatic rings. The fourth-order valence-electron chi connectivity index (χ4n) is 4.04. The van der Waals surface area contributed by atoms with Crippen LogP contribution in [0.15, 0.2) is 30.5 Å². The maximum absolute atomic E-state index is 13.2. The lowest BCUT2D eigenvalue weighted by atomic mass is 9.84. The van der Waals surface area contributed by atoms with Crippen LogP contribution in [-0.4, -0.2) is 47.3 Å².